The lowest BCUT2D eigenvalue weighted by atomic mass is 10.1. The van der Waals surface area contributed by atoms with Crippen LogP contribution in [0.25, 0.3) is 0 Å². The van der Waals surface area contributed by atoms with Crippen LogP contribution in [0.5, 0.6) is 0 Å². The average Bonchev–Trinajstić information content (AvgIpc) is 2.88. The summed E-state index contributed by atoms with van der Waals surface area (Å²) in [6.45, 7) is 10.3. The fourth-order valence-corrected chi connectivity index (χ4v) is 2.86. The smallest absolute Gasteiger partial charge is 0.311 e. The van der Waals surface area contributed by atoms with Gasteiger partial charge in [-0.3, -0.25) is 14.3 Å². The summed E-state index contributed by atoms with van der Waals surface area (Å²) < 4.78 is 7.20. The summed E-state index contributed by atoms with van der Waals surface area (Å²) in [5.41, 5.74) is 3.48. The lowest BCUT2D eigenvalue weighted by Gasteiger charge is -2.14. The van der Waals surface area contributed by atoms with Crippen LogP contribution in [-0.2, 0) is 27.3 Å². The van der Waals surface area contributed by atoms with Crippen molar-refractivity contribution in [1.82, 2.24) is 9.78 Å². The van der Waals surface area contributed by atoms with Gasteiger partial charge in [0.05, 0.1) is 23.7 Å². The summed E-state index contributed by atoms with van der Waals surface area (Å²) in [6.07, 6.45) is -0.887. The van der Waals surface area contributed by atoms with Gasteiger partial charge in [-0.2, -0.15) is 10.4 Å². The average molecular weight is 382 g/mol. The number of esters is 1. The van der Waals surface area contributed by atoms with E-state index in [1.165, 1.54) is 6.92 Å². The number of benzene rings is 1. The number of carbonyl (C=O) groups excluding carboxylic acids is 2. The van der Waals surface area contributed by atoms with E-state index >= 15 is 0 Å². The first-order valence-electron chi connectivity index (χ1n) is 9.24. The van der Waals surface area contributed by atoms with Crippen molar-refractivity contribution in [3.05, 3.63) is 46.8 Å². The van der Waals surface area contributed by atoms with Gasteiger partial charge in [0.2, 0.25) is 0 Å². The third-order valence-corrected chi connectivity index (χ3v) is 4.33. The van der Waals surface area contributed by atoms with Crippen molar-refractivity contribution in [3.8, 4) is 6.07 Å². The number of nitrogens with zero attached hydrogens (tertiary/aromatic N) is 3. The fourth-order valence-electron chi connectivity index (χ4n) is 2.86. The Balaban J connectivity index is 1.98. The molecule has 0 saturated carbocycles. The molecule has 1 aromatic heterocycles. The van der Waals surface area contributed by atoms with E-state index in [0.29, 0.717) is 17.2 Å². The summed E-state index contributed by atoms with van der Waals surface area (Å²) in [5, 5.41) is 16.1. The number of rotatable bonds is 7. The Morgan fingerprint density at radius 2 is 2.00 bits per heavy atom. The van der Waals surface area contributed by atoms with E-state index in [4.69, 9.17) is 10.00 Å². The van der Waals surface area contributed by atoms with Crippen LogP contribution in [0.4, 0.5) is 5.69 Å². The minimum Gasteiger partial charge on any atom is -0.452 e. The summed E-state index contributed by atoms with van der Waals surface area (Å²) in [5.74, 6) is -0.489. The SMILES string of the molecule is Cc1nn(CC(C)C)c(C)c1CC(=O)OC(C)C(=O)Nc1cccc(C#N)c1. The van der Waals surface area contributed by atoms with E-state index in [0.717, 1.165) is 23.5 Å². The molecule has 0 aliphatic rings. The molecular weight excluding hydrogens is 356 g/mol. The Hall–Kier alpha value is -3.14. The normalized spacial score (nSPS) is 11.8. The second-order valence-electron chi connectivity index (χ2n) is 7.22. The van der Waals surface area contributed by atoms with Gasteiger partial charge in [-0.25, -0.2) is 0 Å². The molecule has 28 heavy (non-hydrogen) atoms. The predicted molar refractivity (Wildman–Crippen MR) is 106 cm³/mol. The van der Waals surface area contributed by atoms with Crippen LogP contribution in [0.1, 0.15) is 43.3 Å². The molecule has 0 aliphatic carbocycles. The molecule has 1 aromatic carbocycles. The standard InChI is InChI=1S/C21H26N4O3/c1-13(2)12-25-15(4)19(14(3)24-25)10-20(26)28-16(5)21(27)23-18-8-6-7-17(9-18)11-22/h6-9,13,16H,10,12H2,1-5H3,(H,23,27). The molecule has 1 N–H and O–H groups in total. The molecule has 0 spiro atoms. The first kappa shape index (κ1) is 21.2. The molecule has 0 aliphatic heterocycles. The Kier molecular flexibility index (Phi) is 6.94. The van der Waals surface area contributed by atoms with Crippen LogP contribution in [-0.4, -0.2) is 27.8 Å². The molecule has 2 aromatic rings. The highest BCUT2D eigenvalue weighted by Gasteiger charge is 2.21. The van der Waals surface area contributed by atoms with Crippen LogP contribution in [0.3, 0.4) is 0 Å². The van der Waals surface area contributed by atoms with Crippen molar-refractivity contribution in [1.29, 1.82) is 5.26 Å². The van der Waals surface area contributed by atoms with Gasteiger partial charge in [0.15, 0.2) is 6.10 Å². The van der Waals surface area contributed by atoms with Crippen LogP contribution in [0.15, 0.2) is 24.3 Å². The number of nitrogens with one attached hydrogen (secondary N) is 1. The molecule has 0 bridgehead atoms. The van der Waals surface area contributed by atoms with Crippen molar-refractivity contribution >= 4 is 17.6 Å². The monoisotopic (exact) mass is 382 g/mol. The molecule has 1 atom stereocenters. The maximum absolute atomic E-state index is 12.3. The molecule has 1 unspecified atom stereocenters. The zero-order valence-electron chi connectivity index (χ0n) is 16.9. The van der Waals surface area contributed by atoms with E-state index in [1.807, 2.05) is 24.6 Å². The van der Waals surface area contributed by atoms with E-state index in [2.05, 4.69) is 24.3 Å². The number of aromatic nitrogens is 2. The first-order chi connectivity index (χ1) is 13.2. The van der Waals surface area contributed by atoms with Gasteiger partial charge in [0, 0.05) is 23.5 Å². The Bertz CT molecular complexity index is 909. The molecule has 148 valence electrons. The number of ether oxygens (including phenoxy) is 1. The van der Waals surface area contributed by atoms with E-state index in [1.54, 1.807) is 24.3 Å². The highest BCUT2D eigenvalue weighted by atomic mass is 16.5. The van der Waals surface area contributed by atoms with Gasteiger partial charge in [-0.1, -0.05) is 19.9 Å². The molecule has 0 saturated heterocycles. The van der Waals surface area contributed by atoms with E-state index in [-0.39, 0.29) is 6.42 Å². The van der Waals surface area contributed by atoms with Crippen LogP contribution < -0.4 is 5.32 Å². The second-order valence-corrected chi connectivity index (χ2v) is 7.22. The summed E-state index contributed by atoms with van der Waals surface area (Å²) in [6, 6.07) is 8.55. The predicted octanol–water partition coefficient (Wildman–Crippen LogP) is 3.14. The summed E-state index contributed by atoms with van der Waals surface area (Å²) >= 11 is 0. The number of anilines is 1. The molecule has 7 nitrogen and oxygen atoms in total. The third kappa shape index (κ3) is 5.43. The molecule has 0 radical (unpaired) electrons. The summed E-state index contributed by atoms with van der Waals surface area (Å²) in [7, 11) is 0. The highest BCUT2D eigenvalue weighted by molar-refractivity contribution is 5.95. The Morgan fingerprint density at radius 3 is 2.64 bits per heavy atom. The number of hydrogen-bond acceptors (Lipinski definition) is 5. The maximum Gasteiger partial charge on any atom is 0.311 e. The third-order valence-electron chi connectivity index (χ3n) is 4.33. The van der Waals surface area contributed by atoms with Gasteiger partial charge in [0.1, 0.15) is 0 Å². The number of carbonyl (C=O) groups is 2. The van der Waals surface area contributed by atoms with Crippen molar-refractivity contribution in [3.63, 3.8) is 0 Å². The second kappa shape index (κ2) is 9.18. The van der Waals surface area contributed by atoms with Crippen molar-refractivity contribution in [2.75, 3.05) is 5.32 Å². The van der Waals surface area contributed by atoms with Crippen LogP contribution in [0, 0.1) is 31.1 Å². The molecule has 0 fully saturated rings. The topological polar surface area (TPSA) is 97.0 Å². The van der Waals surface area contributed by atoms with Gasteiger partial charge >= 0.3 is 5.97 Å². The largest absolute Gasteiger partial charge is 0.452 e. The van der Waals surface area contributed by atoms with E-state index in [9.17, 15) is 9.59 Å². The molecule has 1 heterocycles. The zero-order valence-corrected chi connectivity index (χ0v) is 16.9. The zero-order chi connectivity index (χ0) is 20.8. The fraction of sp³-hybridized carbons (Fsp3) is 0.429. The number of hydrogen-bond donors (Lipinski definition) is 1. The number of amides is 1. The van der Waals surface area contributed by atoms with Crippen molar-refractivity contribution < 1.29 is 14.3 Å². The van der Waals surface area contributed by atoms with Gasteiger partial charge in [-0.05, 0) is 44.9 Å². The number of aryl methyl sites for hydroxylation is 1. The van der Waals surface area contributed by atoms with Crippen LogP contribution in [0.2, 0.25) is 0 Å². The Morgan fingerprint density at radius 1 is 1.29 bits per heavy atom. The lowest BCUT2D eigenvalue weighted by Crippen LogP contribution is -2.30. The molecule has 1 amide bonds. The number of nitriles is 1. The maximum atomic E-state index is 12.3. The quantitative estimate of drug-likeness (QED) is 0.742. The minimum atomic E-state index is -0.954. The van der Waals surface area contributed by atoms with Gasteiger partial charge in [0.25, 0.3) is 5.91 Å². The van der Waals surface area contributed by atoms with Gasteiger partial charge in [-0.15, -0.1) is 0 Å². The van der Waals surface area contributed by atoms with Crippen LogP contribution >= 0.6 is 0 Å². The van der Waals surface area contributed by atoms with Crippen molar-refractivity contribution in [2.24, 2.45) is 5.92 Å². The molecule has 7 heteroatoms. The minimum absolute atomic E-state index is 0.0668. The van der Waals surface area contributed by atoms with E-state index < -0.39 is 18.0 Å². The molecule has 2 rings (SSSR count). The summed E-state index contributed by atoms with van der Waals surface area (Å²) in [4.78, 5) is 24.6. The Labute approximate surface area is 165 Å². The molecular formula is C21H26N4O3. The lowest BCUT2D eigenvalue weighted by molar-refractivity contribution is -0.152. The first-order valence-corrected chi connectivity index (χ1v) is 9.24. The highest BCUT2D eigenvalue weighted by Crippen LogP contribution is 2.16. The van der Waals surface area contributed by atoms with Crippen molar-refractivity contribution in [2.45, 2.75) is 53.7 Å². The van der Waals surface area contributed by atoms with Gasteiger partial charge < -0.3 is 10.1 Å².